The summed E-state index contributed by atoms with van der Waals surface area (Å²) in [7, 11) is 0. The highest BCUT2D eigenvalue weighted by Crippen LogP contribution is 2.33. The second-order valence-electron chi connectivity index (χ2n) is 7.57. The standard InChI is InChI=1S/C26H20Cl2FN3O3S/c1-2-32-24(17-5-7-19(27)8-6-17)30-31-26(32)36-23(25(33)34)14-18-13-20(28)9-12-22(18)35-15-16-3-10-21(29)11-4-16/h3-14H,2,15H2,1H3,(H,33,34)/b23-14-. The number of benzene rings is 3. The molecule has 0 aliphatic heterocycles. The van der Waals surface area contributed by atoms with E-state index in [1.54, 1.807) is 42.5 Å². The molecule has 6 nitrogen and oxygen atoms in total. The average molecular weight is 544 g/mol. The zero-order chi connectivity index (χ0) is 25.7. The Kier molecular flexibility index (Phi) is 8.30. The van der Waals surface area contributed by atoms with Crippen LogP contribution < -0.4 is 4.74 Å². The van der Waals surface area contributed by atoms with E-state index in [9.17, 15) is 14.3 Å². The van der Waals surface area contributed by atoms with Crippen LogP contribution in [-0.2, 0) is 17.9 Å². The van der Waals surface area contributed by atoms with Gasteiger partial charge in [0.15, 0.2) is 11.0 Å². The van der Waals surface area contributed by atoms with Crippen molar-refractivity contribution < 1.29 is 19.0 Å². The number of rotatable bonds is 9. The molecule has 0 fully saturated rings. The van der Waals surface area contributed by atoms with Gasteiger partial charge in [0.25, 0.3) is 0 Å². The summed E-state index contributed by atoms with van der Waals surface area (Å²) < 4.78 is 20.9. The predicted octanol–water partition coefficient (Wildman–Crippen LogP) is 7.21. The van der Waals surface area contributed by atoms with E-state index in [1.165, 1.54) is 18.2 Å². The zero-order valence-electron chi connectivity index (χ0n) is 19.0. The van der Waals surface area contributed by atoms with Crippen molar-refractivity contribution in [1.82, 2.24) is 14.8 Å². The molecule has 0 saturated heterocycles. The lowest BCUT2D eigenvalue weighted by atomic mass is 10.2. The molecule has 1 heterocycles. The number of hydrogen-bond donors (Lipinski definition) is 1. The number of carbonyl (C=O) groups is 1. The number of carboxylic acids is 1. The third-order valence-electron chi connectivity index (χ3n) is 5.11. The minimum absolute atomic E-state index is 0.00801. The molecule has 0 spiro atoms. The van der Waals surface area contributed by atoms with Crippen LogP contribution in [0.15, 0.2) is 76.8 Å². The number of ether oxygens (including phenoxy) is 1. The van der Waals surface area contributed by atoms with Crippen LogP contribution in [0.5, 0.6) is 5.75 Å². The summed E-state index contributed by atoms with van der Waals surface area (Å²) in [5.74, 6) is -0.436. The van der Waals surface area contributed by atoms with Crippen LogP contribution >= 0.6 is 35.0 Å². The average Bonchev–Trinajstić information content (AvgIpc) is 3.27. The summed E-state index contributed by atoms with van der Waals surface area (Å²) in [5, 5.41) is 19.9. The predicted molar refractivity (Wildman–Crippen MR) is 140 cm³/mol. The second-order valence-corrected chi connectivity index (χ2v) is 9.45. The number of nitrogens with zero attached hydrogens (tertiary/aromatic N) is 3. The van der Waals surface area contributed by atoms with Gasteiger partial charge >= 0.3 is 5.97 Å². The number of aliphatic carboxylic acids is 1. The molecule has 184 valence electrons. The Bertz CT molecular complexity index is 1410. The highest BCUT2D eigenvalue weighted by Gasteiger charge is 2.19. The first-order valence-corrected chi connectivity index (χ1v) is 12.4. The maximum Gasteiger partial charge on any atom is 0.342 e. The highest BCUT2D eigenvalue weighted by atomic mass is 35.5. The van der Waals surface area contributed by atoms with Crippen molar-refractivity contribution in [1.29, 1.82) is 0 Å². The molecule has 3 aromatic carbocycles. The number of thioether (sulfide) groups is 1. The normalized spacial score (nSPS) is 11.5. The third-order valence-corrected chi connectivity index (χ3v) is 6.60. The molecule has 0 unspecified atom stereocenters. The Labute approximate surface area is 221 Å². The van der Waals surface area contributed by atoms with Gasteiger partial charge in [0.05, 0.1) is 0 Å². The van der Waals surface area contributed by atoms with Crippen LogP contribution in [0.25, 0.3) is 17.5 Å². The smallest absolute Gasteiger partial charge is 0.342 e. The van der Waals surface area contributed by atoms with E-state index >= 15 is 0 Å². The lowest BCUT2D eigenvalue weighted by Crippen LogP contribution is -2.03. The van der Waals surface area contributed by atoms with Gasteiger partial charge < -0.3 is 14.4 Å². The van der Waals surface area contributed by atoms with Gasteiger partial charge in [0, 0.05) is 27.7 Å². The van der Waals surface area contributed by atoms with Gasteiger partial charge in [-0.25, -0.2) is 9.18 Å². The minimum Gasteiger partial charge on any atom is -0.488 e. The Morgan fingerprint density at radius 3 is 2.42 bits per heavy atom. The molecule has 10 heteroatoms. The van der Waals surface area contributed by atoms with Crippen molar-refractivity contribution in [3.05, 3.63) is 98.6 Å². The van der Waals surface area contributed by atoms with Crippen molar-refractivity contribution in [2.45, 2.75) is 25.2 Å². The fraction of sp³-hybridized carbons (Fsp3) is 0.115. The zero-order valence-corrected chi connectivity index (χ0v) is 21.3. The molecule has 1 aromatic heterocycles. The molecule has 0 aliphatic rings. The van der Waals surface area contributed by atoms with Crippen LogP contribution in [0.3, 0.4) is 0 Å². The van der Waals surface area contributed by atoms with Gasteiger partial charge in [-0.05, 0) is 84.9 Å². The van der Waals surface area contributed by atoms with Gasteiger partial charge in [0.2, 0.25) is 0 Å². The topological polar surface area (TPSA) is 77.2 Å². The lowest BCUT2D eigenvalue weighted by Gasteiger charge is -2.11. The fourth-order valence-electron chi connectivity index (χ4n) is 3.34. The van der Waals surface area contributed by atoms with E-state index in [4.69, 9.17) is 27.9 Å². The maximum absolute atomic E-state index is 13.2. The summed E-state index contributed by atoms with van der Waals surface area (Å²) >= 11 is 13.2. The summed E-state index contributed by atoms with van der Waals surface area (Å²) in [6, 6.07) is 18.1. The van der Waals surface area contributed by atoms with E-state index < -0.39 is 5.97 Å². The van der Waals surface area contributed by atoms with Gasteiger partial charge in [-0.2, -0.15) is 0 Å². The first-order valence-electron chi connectivity index (χ1n) is 10.8. The number of halogens is 3. The molecular weight excluding hydrogens is 524 g/mol. The Balaban J connectivity index is 1.63. The molecule has 0 radical (unpaired) electrons. The Morgan fingerprint density at radius 1 is 1.06 bits per heavy atom. The molecular formula is C26H20Cl2FN3O3S. The molecule has 0 bridgehead atoms. The van der Waals surface area contributed by atoms with Crippen molar-refractivity contribution in [2.24, 2.45) is 0 Å². The van der Waals surface area contributed by atoms with E-state index in [0.717, 1.165) is 22.9 Å². The second kappa shape index (κ2) is 11.6. The summed E-state index contributed by atoms with van der Waals surface area (Å²) in [6.45, 7) is 2.63. The molecule has 0 atom stereocenters. The molecule has 36 heavy (non-hydrogen) atoms. The van der Waals surface area contributed by atoms with Crippen LogP contribution in [0, 0.1) is 5.82 Å². The summed E-state index contributed by atoms with van der Waals surface area (Å²) in [6.07, 6.45) is 1.48. The summed E-state index contributed by atoms with van der Waals surface area (Å²) in [5.41, 5.74) is 2.06. The summed E-state index contributed by atoms with van der Waals surface area (Å²) in [4.78, 5) is 12.2. The molecule has 0 saturated carbocycles. The lowest BCUT2D eigenvalue weighted by molar-refractivity contribution is -0.131. The molecule has 1 N–H and O–H groups in total. The van der Waals surface area contributed by atoms with Gasteiger partial charge in [0.1, 0.15) is 23.1 Å². The van der Waals surface area contributed by atoms with Crippen LogP contribution in [0.2, 0.25) is 10.0 Å². The van der Waals surface area contributed by atoms with Crippen LogP contribution in [0.1, 0.15) is 18.1 Å². The first kappa shape index (κ1) is 25.8. The first-order chi connectivity index (χ1) is 17.3. The van der Waals surface area contributed by atoms with E-state index in [0.29, 0.717) is 38.9 Å². The van der Waals surface area contributed by atoms with Crippen molar-refractivity contribution in [3.63, 3.8) is 0 Å². The highest BCUT2D eigenvalue weighted by molar-refractivity contribution is 8.04. The Hall–Kier alpha value is -3.33. The largest absolute Gasteiger partial charge is 0.488 e. The minimum atomic E-state index is -1.14. The van der Waals surface area contributed by atoms with E-state index in [1.807, 2.05) is 23.6 Å². The van der Waals surface area contributed by atoms with Crippen molar-refractivity contribution in [2.75, 3.05) is 0 Å². The third kappa shape index (κ3) is 6.26. The van der Waals surface area contributed by atoms with E-state index in [2.05, 4.69) is 10.2 Å². The quantitative estimate of drug-likeness (QED) is 0.177. The van der Waals surface area contributed by atoms with E-state index in [-0.39, 0.29) is 17.3 Å². The number of hydrogen-bond acceptors (Lipinski definition) is 5. The molecule has 4 rings (SSSR count). The molecule has 0 aliphatic carbocycles. The van der Waals surface area contributed by atoms with Crippen molar-refractivity contribution >= 4 is 47.0 Å². The number of aromatic nitrogens is 3. The van der Waals surface area contributed by atoms with Crippen LogP contribution in [-0.4, -0.2) is 25.8 Å². The van der Waals surface area contributed by atoms with Gasteiger partial charge in [-0.1, -0.05) is 35.3 Å². The maximum atomic E-state index is 13.2. The monoisotopic (exact) mass is 543 g/mol. The molecule has 4 aromatic rings. The Morgan fingerprint density at radius 2 is 1.75 bits per heavy atom. The van der Waals surface area contributed by atoms with Gasteiger partial charge in [-0.3, -0.25) is 0 Å². The van der Waals surface area contributed by atoms with Crippen molar-refractivity contribution in [3.8, 4) is 17.1 Å². The fourth-order valence-corrected chi connectivity index (χ4v) is 4.53. The van der Waals surface area contributed by atoms with Gasteiger partial charge in [-0.15, -0.1) is 10.2 Å². The molecule has 0 amide bonds. The SMILES string of the molecule is CCn1c(S/C(=C\c2cc(Cl)ccc2OCc2ccc(F)cc2)C(=O)O)nnc1-c1ccc(Cl)cc1. The number of carboxylic acid groups (broad SMARTS) is 1. The van der Waals surface area contributed by atoms with Crippen LogP contribution in [0.4, 0.5) is 4.39 Å².